The molecule has 180 valence electrons. The SMILES string of the molecule is COc1cccc(C(=O)N2CCN(C(C(=O)N3CCN(C(C)=O)CC3)C3CCCC3)CC2)c1. The molecule has 0 radical (unpaired) electrons. The van der Waals surface area contributed by atoms with Crippen molar-refractivity contribution in [2.45, 2.75) is 38.6 Å². The minimum Gasteiger partial charge on any atom is -0.497 e. The molecule has 0 bridgehead atoms. The molecule has 2 aliphatic heterocycles. The zero-order valence-corrected chi connectivity index (χ0v) is 19.9. The van der Waals surface area contributed by atoms with Crippen LogP contribution in [-0.4, -0.2) is 103 Å². The molecule has 1 atom stereocenters. The second-order valence-corrected chi connectivity index (χ2v) is 9.38. The van der Waals surface area contributed by atoms with Crippen molar-refractivity contribution in [3.8, 4) is 5.75 Å². The number of hydrogen-bond donors (Lipinski definition) is 0. The van der Waals surface area contributed by atoms with Gasteiger partial charge in [-0.2, -0.15) is 0 Å². The number of piperazine rings is 2. The summed E-state index contributed by atoms with van der Waals surface area (Å²) in [4.78, 5) is 46.3. The molecule has 3 aliphatic rings. The van der Waals surface area contributed by atoms with Crippen LogP contribution in [0.2, 0.25) is 0 Å². The van der Waals surface area contributed by atoms with Gasteiger partial charge in [-0.1, -0.05) is 18.9 Å². The van der Waals surface area contributed by atoms with Crippen LogP contribution in [0.1, 0.15) is 43.0 Å². The Hall–Kier alpha value is -2.61. The third-order valence-electron chi connectivity index (χ3n) is 7.45. The van der Waals surface area contributed by atoms with Crippen molar-refractivity contribution in [2.24, 2.45) is 5.92 Å². The Morgan fingerprint density at radius 3 is 2.09 bits per heavy atom. The maximum atomic E-state index is 13.7. The lowest BCUT2D eigenvalue weighted by Crippen LogP contribution is -2.60. The van der Waals surface area contributed by atoms with Crippen molar-refractivity contribution in [2.75, 3.05) is 59.5 Å². The van der Waals surface area contributed by atoms with E-state index in [-0.39, 0.29) is 23.8 Å². The predicted octanol–water partition coefficient (Wildman–Crippen LogP) is 1.70. The summed E-state index contributed by atoms with van der Waals surface area (Å²) in [5.41, 5.74) is 0.634. The van der Waals surface area contributed by atoms with Crippen molar-refractivity contribution in [3.63, 3.8) is 0 Å². The molecule has 33 heavy (non-hydrogen) atoms. The first-order valence-electron chi connectivity index (χ1n) is 12.2. The van der Waals surface area contributed by atoms with E-state index in [4.69, 9.17) is 4.74 Å². The van der Waals surface area contributed by atoms with E-state index < -0.39 is 0 Å². The first kappa shape index (κ1) is 23.5. The minimum absolute atomic E-state index is 0.0117. The average Bonchev–Trinajstić information content (AvgIpc) is 3.38. The van der Waals surface area contributed by atoms with Crippen LogP contribution in [0.5, 0.6) is 5.75 Å². The zero-order valence-electron chi connectivity index (χ0n) is 19.9. The summed E-state index contributed by atoms with van der Waals surface area (Å²) in [5, 5.41) is 0. The molecule has 0 aromatic heterocycles. The van der Waals surface area contributed by atoms with Crippen LogP contribution in [0.3, 0.4) is 0 Å². The number of carbonyl (C=O) groups excluding carboxylic acids is 3. The van der Waals surface area contributed by atoms with E-state index in [1.54, 1.807) is 20.1 Å². The molecule has 2 saturated heterocycles. The highest BCUT2D eigenvalue weighted by atomic mass is 16.5. The number of amides is 3. The summed E-state index contributed by atoms with van der Waals surface area (Å²) >= 11 is 0. The van der Waals surface area contributed by atoms with E-state index in [2.05, 4.69) is 4.90 Å². The van der Waals surface area contributed by atoms with Gasteiger partial charge in [0.2, 0.25) is 11.8 Å². The monoisotopic (exact) mass is 456 g/mol. The van der Waals surface area contributed by atoms with E-state index in [1.807, 2.05) is 32.9 Å². The van der Waals surface area contributed by atoms with E-state index in [1.165, 1.54) is 12.8 Å². The fourth-order valence-electron chi connectivity index (χ4n) is 5.50. The number of nitrogens with zero attached hydrogens (tertiary/aromatic N) is 4. The Bertz CT molecular complexity index is 854. The molecule has 1 aromatic rings. The molecule has 1 unspecified atom stereocenters. The van der Waals surface area contributed by atoms with Crippen molar-refractivity contribution in [3.05, 3.63) is 29.8 Å². The van der Waals surface area contributed by atoms with Gasteiger partial charge in [-0.05, 0) is 37.0 Å². The highest BCUT2D eigenvalue weighted by molar-refractivity contribution is 5.94. The molecule has 1 aromatic carbocycles. The van der Waals surface area contributed by atoms with E-state index >= 15 is 0 Å². The van der Waals surface area contributed by atoms with Gasteiger partial charge in [-0.15, -0.1) is 0 Å². The van der Waals surface area contributed by atoms with Gasteiger partial charge < -0.3 is 19.4 Å². The van der Waals surface area contributed by atoms with Crippen molar-refractivity contribution < 1.29 is 19.1 Å². The highest BCUT2D eigenvalue weighted by Gasteiger charge is 2.40. The van der Waals surface area contributed by atoms with Crippen LogP contribution in [0.25, 0.3) is 0 Å². The fourth-order valence-corrected chi connectivity index (χ4v) is 5.50. The average molecular weight is 457 g/mol. The Kier molecular flexibility index (Phi) is 7.53. The van der Waals surface area contributed by atoms with Gasteiger partial charge in [0.05, 0.1) is 13.2 Å². The van der Waals surface area contributed by atoms with Crippen LogP contribution >= 0.6 is 0 Å². The van der Waals surface area contributed by atoms with Crippen LogP contribution in [0, 0.1) is 5.92 Å². The van der Waals surface area contributed by atoms with Crippen molar-refractivity contribution in [1.29, 1.82) is 0 Å². The van der Waals surface area contributed by atoms with Gasteiger partial charge >= 0.3 is 0 Å². The maximum Gasteiger partial charge on any atom is 0.254 e. The fraction of sp³-hybridized carbons (Fsp3) is 0.640. The first-order chi connectivity index (χ1) is 16.0. The van der Waals surface area contributed by atoms with E-state index in [9.17, 15) is 14.4 Å². The smallest absolute Gasteiger partial charge is 0.254 e. The van der Waals surface area contributed by atoms with Crippen LogP contribution in [-0.2, 0) is 9.59 Å². The number of rotatable bonds is 5. The Labute approximate surface area is 196 Å². The largest absolute Gasteiger partial charge is 0.497 e. The zero-order chi connectivity index (χ0) is 23.4. The molecule has 0 N–H and O–H groups in total. The molecule has 3 amide bonds. The quantitative estimate of drug-likeness (QED) is 0.674. The van der Waals surface area contributed by atoms with Gasteiger partial charge in [-0.25, -0.2) is 0 Å². The van der Waals surface area contributed by atoms with Crippen molar-refractivity contribution in [1.82, 2.24) is 19.6 Å². The van der Waals surface area contributed by atoms with Gasteiger partial charge in [0.15, 0.2) is 0 Å². The van der Waals surface area contributed by atoms with Gasteiger partial charge in [-0.3, -0.25) is 19.3 Å². The third kappa shape index (κ3) is 5.32. The Morgan fingerprint density at radius 1 is 0.879 bits per heavy atom. The second kappa shape index (κ2) is 10.5. The number of ether oxygens (including phenoxy) is 1. The lowest BCUT2D eigenvalue weighted by atomic mass is 9.94. The van der Waals surface area contributed by atoms with Gasteiger partial charge in [0.1, 0.15) is 5.75 Å². The summed E-state index contributed by atoms with van der Waals surface area (Å²) in [6.07, 6.45) is 4.54. The highest BCUT2D eigenvalue weighted by Crippen LogP contribution is 2.32. The molecule has 4 rings (SSSR count). The van der Waals surface area contributed by atoms with Gasteiger partial charge in [0, 0.05) is 64.8 Å². The molecular formula is C25H36N4O4. The second-order valence-electron chi connectivity index (χ2n) is 9.38. The standard InChI is InChI=1S/C25H36N4O4/c1-19(30)26-10-14-29(15-11-26)25(32)23(20-6-3-4-7-20)27-12-16-28(17-13-27)24(31)21-8-5-9-22(18-21)33-2/h5,8-9,18,20,23H,3-4,6-7,10-17H2,1-2H3. The molecular weight excluding hydrogens is 420 g/mol. The summed E-state index contributed by atoms with van der Waals surface area (Å²) in [6, 6.07) is 7.15. The maximum absolute atomic E-state index is 13.7. The summed E-state index contributed by atoms with van der Waals surface area (Å²) in [5.74, 6) is 1.35. The first-order valence-corrected chi connectivity index (χ1v) is 12.2. The number of benzene rings is 1. The topological polar surface area (TPSA) is 73.4 Å². The molecule has 2 heterocycles. The van der Waals surface area contributed by atoms with Crippen molar-refractivity contribution >= 4 is 17.7 Å². The number of methoxy groups -OCH3 is 1. The number of hydrogen-bond acceptors (Lipinski definition) is 5. The van der Waals surface area contributed by atoms with E-state index in [0.29, 0.717) is 69.6 Å². The van der Waals surface area contributed by atoms with Crippen LogP contribution in [0.4, 0.5) is 0 Å². The summed E-state index contributed by atoms with van der Waals surface area (Å²) in [6.45, 7) is 6.67. The normalized spacial score (nSPS) is 21.2. The van der Waals surface area contributed by atoms with Crippen LogP contribution in [0.15, 0.2) is 24.3 Å². The molecule has 1 saturated carbocycles. The van der Waals surface area contributed by atoms with Gasteiger partial charge in [0.25, 0.3) is 5.91 Å². The minimum atomic E-state index is -0.120. The lowest BCUT2D eigenvalue weighted by molar-refractivity contribution is -0.144. The Morgan fingerprint density at radius 2 is 1.48 bits per heavy atom. The lowest BCUT2D eigenvalue weighted by Gasteiger charge is -2.44. The predicted molar refractivity (Wildman–Crippen MR) is 125 cm³/mol. The molecule has 8 heteroatoms. The van der Waals surface area contributed by atoms with Crippen LogP contribution < -0.4 is 4.74 Å². The molecule has 1 aliphatic carbocycles. The number of carbonyl (C=O) groups is 3. The molecule has 3 fully saturated rings. The summed E-state index contributed by atoms with van der Waals surface area (Å²) in [7, 11) is 1.60. The van der Waals surface area contributed by atoms with E-state index in [0.717, 1.165) is 12.8 Å². The molecule has 0 spiro atoms. The Balaban J connectivity index is 1.40. The summed E-state index contributed by atoms with van der Waals surface area (Å²) < 4.78 is 5.26. The third-order valence-corrected chi connectivity index (χ3v) is 7.45. The molecule has 8 nitrogen and oxygen atoms in total.